The van der Waals surface area contributed by atoms with Crippen molar-refractivity contribution in [3.05, 3.63) is 29.8 Å². The van der Waals surface area contributed by atoms with Gasteiger partial charge in [-0.25, -0.2) is 0 Å². The molecular weight excluding hydrogens is 254 g/mol. The number of aliphatic hydroxyl groups is 1. The molecule has 0 bridgehead atoms. The van der Waals surface area contributed by atoms with Crippen LogP contribution in [-0.2, 0) is 4.79 Å². The highest BCUT2D eigenvalue weighted by molar-refractivity contribution is 5.77. The van der Waals surface area contributed by atoms with Crippen LogP contribution in [0, 0.1) is 12.8 Å². The van der Waals surface area contributed by atoms with Gasteiger partial charge in [0.2, 0.25) is 0 Å². The zero-order valence-electron chi connectivity index (χ0n) is 12.2. The highest BCUT2D eigenvalue weighted by atomic mass is 16.5. The standard InChI is InChI=1S/C16H23NO3/c1-12-6-3-4-8-15(12)20-11-16(19)17-9-5-7-14(10-17)13(2)18/h3-4,6,8,13-14,18H,5,7,9-11H2,1-2H3. The van der Waals surface area contributed by atoms with Crippen LogP contribution in [0.15, 0.2) is 24.3 Å². The Bertz CT molecular complexity index is 459. The lowest BCUT2D eigenvalue weighted by molar-refractivity contribution is -0.136. The number of ether oxygens (including phenoxy) is 1. The Labute approximate surface area is 120 Å². The summed E-state index contributed by atoms with van der Waals surface area (Å²) in [5, 5.41) is 9.65. The molecule has 2 atom stereocenters. The molecule has 0 radical (unpaired) electrons. The zero-order chi connectivity index (χ0) is 14.5. The molecule has 0 spiro atoms. The van der Waals surface area contributed by atoms with Crippen molar-refractivity contribution < 1.29 is 14.6 Å². The van der Waals surface area contributed by atoms with Crippen LogP contribution in [0.3, 0.4) is 0 Å². The van der Waals surface area contributed by atoms with E-state index in [1.54, 1.807) is 11.8 Å². The molecule has 1 amide bonds. The maximum atomic E-state index is 12.2. The normalized spacial score (nSPS) is 20.6. The minimum atomic E-state index is -0.358. The number of piperidine rings is 1. The number of aryl methyl sites for hydroxylation is 1. The third-order valence-corrected chi connectivity index (χ3v) is 3.94. The van der Waals surface area contributed by atoms with Crippen LogP contribution in [0.1, 0.15) is 25.3 Å². The predicted octanol–water partition coefficient (Wildman–Crippen LogP) is 1.99. The number of benzene rings is 1. The molecule has 4 heteroatoms. The third-order valence-electron chi connectivity index (χ3n) is 3.94. The second kappa shape index (κ2) is 6.75. The summed E-state index contributed by atoms with van der Waals surface area (Å²) in [5.74, 6) is 0.940. The van der Waals surface area contributed by atoms with Gasteiger partial charge in [-0.3, -0.25) is 4.79 Å². The first-order valence-corrected chi connectivity index (χ1v) is 7.22. The van der Waals surface area contributed by atoms with Crippen molar-refractivity contribution in [3.63, 3.8) is 0 Å². The van der Waals surface area contributed by atoms with Crippen molar-refractivity contribution in [2.45, 2.75) is 32.8 Å². The summed E-state index contributed by atoms with van der Waals surface area (Å²) < 4.78 is 5.59. The Hall–Kier alpha value is -1.55. The van der Waals surface area contributed by atoms with Crippen molar-refractivity contribution >= 4 is 5.91 Å². The van der Waals surface area contributed by atoms with E-state index in [0.29, 0.717) is 6.54 Å². The van der Waals surface area contributed by atoms with E-state index in [4.69, 9.17) is 4.74 Å². The van der Waals surface area contributed by atoms with Gasteiger partial charge in [-0.05, 0) is 38.3 Å². The fourth-order valence-electron chi connectivity index (χ4n) is 2.58. The van der Waals surface area contributed by atoms with Gasteiger partial charge < -0.3 is 14.7 Å². The number of hydrogen-bond donors (Lipinski definition) is 1. The first-order chi connectivity index (χ1) is 9.58. The molecule has 1 aliphatic heterocycles. The smallest absolute Gasteiger partial charge is 0.260 e. The van der Waals surface area contributed by atoms with Crippen LogP contribution in [-0.4, -0.2) is 41.7 Å². The molecule has 1 aromatic rings. The van der Waals surface area contributed by atoms with E-state index >= 15 is 0 Å². The van der Waals surface area contributed by atoms with Gasteiger partial charge in [-0.1, -0.05) is 18.2 Å². The average molecular weight is 277 g/mol. The number of aliphatic hydroxyl groups excluding tert-OH is 1. The first-order valence-electron chi connectivity index (χ1n) is 7.22. The molecule has 1 saturated heterocycles. The lowest BCUT2D eigenvalue weighted by Gasteiger charge is -2.34. The molecule has 1 N–H and O–H groups in total. The molecule has 1 aromatic carbocycles. The molecule has 4 nitrogen and oxygen atoms in total. The van der Waals surface area contributed by atoms with E-state index in [1.165, 1.54) is 0 Å². The van der Waals surface area contributed by atoms with E-state index in [-0.39, 0.29) is 24.5 Å². The molecule has 2 unspecified atom stereocenters. The van der Waals surface area contributed by atoms with Gasteiger partial charge in [0.15, 0.2) is 6.61 Å². The van der Waals surface area contributed by atoms with Crippen molar-refractivity contribution in [1.29, 1.82) is 0 Å². The minimum absolute atomic E-state index is 0.00129. The fourth-order valence-corrected chi connectivity index (χ4v) is 2.58. The molecule has 0 aliphatic carbocycles. The first kappa shape index (κ1) is 14.9. The zero-order valence-corrected chi connectivity index (χ0v) is 12.2. The van der Waals surface area contributed by atoms with Crippen LogP contribution in [0.25, 0.3) is 0 Å². The van der Waals surface area contributed by atoms with Crippen LogP contribution in [0.5, 0.6) is 5.75 Å². The molecule has 1 fully saturated rings. The molecule has 110 valence electrons. The number of amides is 1. The average Bonchev–Trinajstić information content (AvgIpc) is 2.46. The Kier molecular flexibility index (Phi) is 5.01. The van der Waals surface area contributed by atoms with Crippen LogP contribution >= 0.6 is 0 Å². The number of carbonyl (C=O) groups excluding carboxylic acids is 1. The lowest BCUT2D eigenvalue weighted by Crippen LogP contribution is -2.44. The van der Waals surface area contributed by atoms with E-state index in [2.05, 4.69) is 0 Å². The monoisotopic (exact) mass is 277 g/mol. The SMILES string of the molecule is Cc1ccccc1OCC(=O)N1CCCC(C(C)O)C1. The van der Waals surface area contributed by atoms with Crippen molar-refractivity contribution in [2.24, 2.45) is 5.92 Å². The number of hydrogen-bond acceptors (Lipinski definition) is 3. The summed E-state index contributed by atoms with van der Waals surface area (Å²) in [7, 11) is 0. The van der Waals surface area contributed by atoms with Gasteiger partial charge >= 0.3 is 0 Å². The van der Waals surface area contributed by atoms with E-state index in [9.17, 15) is 9.90 Å². The number of carbonyl (C=O) groups is 1. The Morgan fingerprint density at radius 1 is 1.50 bits per heavy atom. The minimum Gasteiger partial charge on any atom is -0.484 e. The predicted molar refractivity (Wildman–Crippen MR) is 77.7 cm³/mol. The number of nitrogens with zero attached hydrogens (tertiary/aromatic N) is 1. The molecule has 2 rings (SSSR count). The van der Waals surface area contributed by atoms with Crippen LogP contribution < -0.4 is 4.74 Å². The maximum absolute atomic E-state index is 12.2. The van der Waals surface area contributed by atoms with Crippen molar-refractivity contribution in [1.82, 2.24) is 4.90 Å². The van der Waals surface area contributed by atoms with Gasteiger partial charge in [0, 0.05) is 19.0 Å². The van der Waals surface area contributed by atoms with Crippen LogP contribution in [0.4, 0.5) is 0 Å². The molecule has 1 aliphatic rings. The van der Waals surface area contributed by atoms with Gasteiger partial charge in [0.05, 0.1) is 6.10 Å². The Balaban J connectivity index is 1.87. The summed E-state index contributed by atoms with van der Waals surface area (Å²) >= 11 is 0. The largest absolute Gasteiger partial charge is 0.484 e. The Morgan fingerprint density at radius 3 is 2.95 bits per heavy atom. The van der Waals surface area contributed by atoms with Gasteiger partial charge in [-0.2, -0.15) is 0 Å². The van der Waals surface area contributed by atoms with Gasteiger partial charge in [-0.15, -0.1) is 0 Å². The topological polar surface area (TPSA) is 49.8 Å². The van der Waals surface area contributed by atoms with Gasteiger partial charge in [0.1, 0.15) is 5.75 Å². The quantitative estimate of drug-likeness (QED) is 0.915. The number of para-hydroxylation sites is 1. The van der Waals surface area contributed by atoms with Crippen LogP contribution in [0.2, 0.25) is 0 Å². The second-order valence-electron chi connectivity index (χ2n) is 5.54. The second-order valence-corrected chi connectivity index (χ2v) is 5.54. The third kappa shape index (κ3) is 3.73. The molecule has 0 aromatic heterocycles. The summed E-state index contributed by atoms with van der Waals surface area (Å²) in [4.78, 5) is 14.0. The summed E-state index contributed by atoms with van der Waals surface area (Å²) in [6, 6.07) is 7.68. The van der Waals surface area contributed by atoms with Gasteiger partial charge in [0.25, 0.3) is 5.91 Å². The summed E-state index contributed by atoms with van der Waals surface area (Å²) in [6.45, 7) is 5.22. The molecule has 1 heterocycles. The van der Waals surface area contributed by atoms with Crippen molar-refractivity contribution in [3.8, 4) is 5.75 Å². The fraction of sp³-hybridized carbons (Fsp3) is 0.562. The highest BCUT2D eigenvalue weighted by Gasteiger charge is 2.26. The lowest BCUT2D eigenvalue weighted by atomic mass is 9.93. The maximum Gasteiger partial charge on any atom is 0.260 e. The molecular formula is C16H23NO3. The van der Waals surface area contributed by atoms with E-state index in [0.717, 1.165) is 30.7 Å². The summed E-state index contributed by atoms with van der Waals surface area (Å²) in [6.07, 6.45) is 1.58. The Morgan fingerprint density at radius 2 is 2.25 bits per heavy atom. The number of likely N-dealkylation sites (tertiary alicyclic amines) is 1. The molecule has 20 heavy (non-hydrogen) atoms. The molecule has 0 saturated carbocycles. The van der Waals surface area contributed by atoms with E-state index in [1.807, 2.05) is 31.2 Å². The highest BCUT2D eigenvalue weighted by Crippen LogP contribution is 2.20. The number of rotatable bonds is 4. The van der Waals surface area contributed by atoms with Crippen molar-refractivity contribution in [2.75, 3.05) is 19.7 Å². The van der Waals surface area contributed by atoms with E-state index < -0.39 is 0 Å². The summed E-state index contributed by atoms with van der Waals surface area (Å²) in [5.41, 5.74) is 1.03.